The molecule has 2 saturated heterocycles. The Bertz CT molecular complexity index is 517. The molecule has 25 heavy (non-hydrogen) atoms. The molecular weight excluding hydrogens is 326 g/mol. The summed E-state index contributed by atoms with van der Waals surface area (Å²) in [4.78, 5) is 39.5. The Morgan fingerprint density at radius 1 is 1.08 bits per heavy atom. The number of nitrogens with one attached hydrogen (secondary N) is 3. The zero-order chi connectivity index (χ0) is 17.8. The number of hydrogen-bond acceptors (Lipinski definition) is 6. The second-order valence-corrected chi connectivity index (χ2v) is 6.91. The van der Waals surface area contributed by atoms with Gasteiger partial charge in [0.25, 0.3) is 0 Å². The molecular formula is C16H27N5O4. The number of amides is 3. The highest BCUT2D eigenvalue weighted by Gasteiger charge is 2.38. The molecule has 0 unspecified atom stereocenters. The van der Waals surface area contributed by atoms with Gasteiger partial charge in [0.05, 0.1) is 13.2 Å². The molecule has 0 bridgehead atoms. The summed E-state index contributed by atoms with van der Waals surface area (Å²) < 4.78 is 4.52. The van der Waals surface area contributed by atoms with Gasteiger partial charge in [0.2, 0.25) is 0 Å². The van der Waals surface area contributed by atoms with E-state index in [1.54, 1.807) is 0 Å². The molecule has 9 heteroatoms. The number of hydrogen-bond donors (Lipinski definition) is 3. The molecule has 0 aromatic heterocycles. The van der Waals surface area contributed by atoms with Crippen LogP contribution in [-0.4, -0.2) is 92.2 Å². The zero-order valence-corrected chi connectivity index (χ0v) is 14.6. The van der Waals surface area contributed by atoms with Crippen molar-refractivity contribution in [3.8, 4) is 0 Å². The second kappa shape index (κ2) is 8.01. The second-order valence-electron chi connectivity index (χ2n) is 6.91. The van der Waals surface area contributed by atoms with Crippen molar-refractivity contribution in [1.29, 1.82) is 0 Å². The van der Waals surface area contributed by atoms with Crippen LogP contribution in [0.25, 0.3) is 0 Å². The normalized spacial score (nSPS) is 27.5. The predicted octanol–water partition coefficient (Wildman–Crippen LogP) is -1.50. The average Bonchev–Trinajstić information content (AvgIpc) is 3.05. The lowest BCUT2D eigenvalue weighted by atomic mass is 10.1. The summed E-state index contributed by atoms with van der Waals surface area (Å²) in [6, 6.07) is 0.216. The minimum atomic E-state index is -0.538. The van der Waals surface area contributed by atoms with Crippen LogP contribution in [0, 0.1) is 0 Å². The number of carbonyl (C=O) groups excluding carboxylic acids is 3. The van der Waals surface area contributed by atoms with E-state index in [-0.39, 0.29) is 12.1 Å². The van der Waals surface area contributed by atoms with Crippen LogP contribution >= 0.6 is 0 Å². The molecule has 1 aliphatic carbocycles. The van der Waals surface area contributed by atoms with Crippen LogP contribution in [0.2, 0.25) is 0 Å². The van der Waals surface area contributed by atoms with Crippen LogP contribution in [0.15, 0.2) is 0 Å². The Labute approximate surface area is 147 Å². The van der Waals surface area contributed by atoms with E-state index in [4.69, 9.17) is 0 Å². The third-order valence-electron chi connectivity index (χ3n) is 5.29. The third kappa shape index (κ3) is 4.21. The monoisotopic (exact) mass is 353 g/mol. The lowest BCUT2D eigenvalue weighted by Crippen LogP contribution is -2.64. The maximum atomic E-state index is 12.3. The molecule has 1 saturated carbocycles. The van der Waals surface area contributed by atoms with Gasteiger partial charge in [0.1, 0.15) is 0 Å². The van der Waals surface area contributed by atoms with Gasteiger partial charge < -0.3 is 25.6 Å². The van der Waals surface area contributed by atoms with Gasteiger partial charge in [-0.25, -0.2) is 4.79 Å². The predicted molar refractivity (Wildman–Crippen MR) is 89.9 cm³/mol. The molecule has 3 rings (SSSR count). The van der Waals surface area contributed by atoms with E-state index >= 15 is 0 Å². The summed E-state index contributed by atoms with van der Waals surface area (Å²) in [5.41, 5.74) is 0. The number of alkyl carbamates (subject to hydrolysis) is 1. The summed E-state index contributed by atoms with van der Waals surface area (Å²) in [5, 5.41) is 8.89. The first-order valence-electron chi connectivity index (χ1n) is 8.97. The van der Waals surface area contributed by atoms with Crippen molar-refractivity contribution in [2.75, 3.05) is 46.4 Å². The number of likely N-dealkylation sites (tertiary alicyclic amines) is 1. The first-order chi connectivity index (χ1) is 12.1. The molecule has 2 aliphatic heterocycles. The number of methoxy groups -OCH3 is 1. The number of nitrogens with zero attached hydrogens (tertiary/aromatic N) is 2. The standard InChI is InChI=1S/C16H27N5O4/c1-25-16(24)18-11-9-21(10-11)15(23)14(22)19-12-3-2-4-13(12)20-7-5-17-6-8-20/h11-13,17H,2-10H2,1H3,(H,18,24)(H,19,22)/t12-,13+/m1/s1. The van der Waals surface area contributed by atoms with Gasteiger partial charge in [-0.1, -0.05) is 0 Å². The maximum Gasteiger partial charge on any atom is 0.407 e. The molecule has 0 spiro atoms. The Balaban J connectivity index is 1.45. The topological polar surface area (TPSA) is 103 Å². The summed E-state index contributed by atoms with van der Waals surface area (Å²) in [6.07, 6.45) is 2.53. The van der Waals surface area contributed by atoms with Gasteiger partial charge >= 0.3 is 17.9 Å². The SMILES string of the molecule is COC(=O)NC1CN(C(=O)C(=O)N[C@@H]2CCC[C@@H]2N2CCNCC2)C1. The fourth-order valence-electron chi connectivity index (χ4n) is 3.89. The maximum absolute atomic E-state index is 12.3. The van der Waals surface area contributed by atoms with E-state index in [2.05, 4.69) is 25.6 Å². The lowest BCUT2D eigenvalue weighted by molar-refractivity contribution is -0.149. The van der Waals surface area contributed by atoms with Gasteiger partial charge in [0.15, 0.2) is 0 Å². The molecule has 3 fully saturated rings. The first kappa shape index (κ1) is 17.9. The summed E-state index contributed by atoms with van der Waals surface area (Å²) >= 11 is 0. The van der Waals surface area contributed by atoms with Crippen molar-refractivity contribution in [3.63, 3.8) is 0 Å². The van der Waals surface area contributed by atoms with E-state index in [1.165, 1.54) is 12.0 Å². The van der Waals surface area contributed by atoms with Crippen LogP contribution < -0.4 is 16.0 Å². The molecule has 140 valence electrons. The van der Waals surface area contributed by atoms with Crippen molar-refractivity contribution in [2.45, 2.75) is 37.4 Å². The number of carbonyl (C=O) groups is 3. The minimum Gasteiger partial charge on any atom is -0.453 e. The summed E-state index contributed by atoms with van der Waals surface area (Å²) in [7, 11) is 1.29. The molecule has 0 aromatic rings. The van der Waals surface area contributed by atoms with E-state index in [0.717, 1.165) is 45.4 Å². The quantitative estimate of drug-likeness (QED) is 0.534. The van der Waals surface area contributed by atoms with Crippen LogP contribution in [0.3, 0.4) is 0 Å². The van der Waals surface area contributed by atoms with Crippen LogP contribution in [0.4, 0.5) is 4.79 Å². The molecule has 2 heterocycles. The fourth-order valence-corrected chi connectivity index (χ4v) is 3.89. The average molecular weight is 353 g/mol. The smallest absolute Gasteiger partial charge is 0.407 e. The molecule has 0 radical (unpaired) electrons. The third-order valence-corrected chi connectivity index (χ3v) is 5.29. The lowest BCUT2D eigenvalue weighted by Gasteiger charge is -2.39. The molecule has 3 N–H and O–H groups in total. The van der Waals surface area contributed by atoms with Crippen LogP contribution in [0.1, 0.15) is 19.3 Å². The summed E-state index contributed by atoms with van der Waals surface area (Å²) in [5.74, 6) is -1.06. The van der Waals surface area contributed by atoms with Gasteiger partial charge in [-0.15, -0.1) is 0 Å². The summed E-state index contributed by atoms with van der Waals surface area (Å²) in [6.45, 7) is 4.59. The molecule has 9 nitrogen and oxygen atoms in total. The Kier molecular flexibility index (Phi) is 5.74. The van der Waals surface area contributed by atoms with E-state index in [1.807, 2.05) is 0 Å². The first-order valence-corrected chi connectivity index (χ1v) is 8.97. The van der Waals surface area contributed by atoms with Gasteiger partial charge in [0, 0.05) is 51.4 Å². The van der Waals surface area contributed by atoms with Crippen molar-refractivity contribution < 1.29 is 19.1 Å². The van der Waals surface area contributed by atoms with Crippen LogP contribution in [0.5, 0.6) is 0 Å². The van der Waals surface area contributed by atoms with Crippen molar-refractivity contribution in [2.24, 2.45) is 0 Å². The molecule has 2 atom stereocenters. The number of rotatable bonds is 3. The fraction of sp³-hybridized carbons (Fsp3) is 0.812. The molecule has 0 aromatic carbocycles. The zero-order valence-electron chi connectivity index (χ0n) is 14.6. The molecule has 3 aliphatic rings. The highest BCUT2D eigenvalue weighted by atomic mass is 16.5. The Hall–Kier alpha value is -1.87. The van der Waals surface area contributed by atoms with E-state index in [9.17, 15) is 14.4 Å². The highest BCUT2D eigenvalue weighted by Crippen LogP contribution is 2.24. The van der Waals surface area contributed by atoms with Gasteiger partial charge in [-0.2, -0.15) is 0 Å². The molecule has 3 amide bonds. The minimum absolute atomic E-state index is 0.0415. The van der Waals surface area contributed by atoms with E-state index < -0.39 is 17.9 Å². The van der Waals surface area contributed by atoms with Crippen molar-refractivity contribution in [3.05, 3.63) is 0 Å². The largest absolute Gasteiger partial charge is 0.453 e. The van der Waals surface area contributed by atoms with Gasteiger partial charge in [-0.3, -0.25) is 14.5 Å². The highest BCUT2D eigenvalue weighted by molar-refractivity contribution is 6.35. The number of ether oxygens (including phenoxy) is 1. The number of piperazine rings is 1. The van der Waals surface area contributed by atoms with Gasteiger partial charge in [-0.05, 0) is 19.3 Å². The van der Waals surface area contributed by atoms with Crippen LogP contribution in [-0.2, 0) is 14.3 Å². The van der Waals surface area contributed by atoms with Crippen molar-refractivity contribution >= 4 is 17.9 Å². The van der Waals surface area contributed by atoms with E-state index in [0.29, 0.717) is 19.1 Å². The van der Waals surface area contributed by atoms with Crippen molar-refractivity contribution in [1.82, 2.24) is 25.8 Å². The Morgan fingerprint density at radius 2 is 1.80 bits per heavy atom. The Morgan fingerprint density at radius 3 is 2.48 bits per heavy atom.